The Labute approximate surface area is 114 Å². The minimum Gasteiger partial charge on any atom is -0.487 e. The predicted octanol–water partition coefficient (Wildman–Crippen LogP) is 4.62. The Morgan fingerprint density at radius 3 is 2.47 bits per heavy atom. The monoisotopic (exact) mass is 287 g/mol. The molecule has 5 heteroatoms. The van der Waals surface area contributed by atoms with Gasteiger partial charge in [0.1, 0.15) is 17.5 Å². The van der Waals surface area contributed by atoms with Gasteiger partial charge >= 0.3 is 0 Å². The van der Waals surface area contributed by atoms with E-state index in [2.05, 4.69) is 4.98 Å². The first-order chi connectivity index (χ1) is 8.15. The van der Waals surface area contributed by atoms with Crippen molar-refractivity contribution in [2.75, 3.05) is 0 Å². The summed E-state index contributed by atoms with van der Waals surface area (Å²) in [6, 6.07) is 8.80. The quantitative estimate of drug-likeness (QED) is 0.769. The van der Waals surface area contributed by atoms with Crippen LogP contribution in [0.15, 0.2) is 36.5 Å². The van der Waals surface area contributed by atoms with Gasteiger partial charge in [-0.15, -0.1) is 0 Å². The van der Waals surface area contributed by atoms with Gasteiger partial charge < -0.3 is 4.74 Å². The molecule has 2 rings (SSSR count). The van der Waals surface area contributed by atoms with E-state index in [1.807, 2.05) is 6.07 Å². The van der Waals surface area contributed by atoms with Crippen molar-refractivity contribution in [3.63, 3.8) is 0 Å². The van der Waals surface area contributed by atoms with Crippen molar-refractivity contribution in [3.05, 3.63) is 57.3 Å². The molecule has 17 heavy (non-hydrogen) atoms. The molecule has 0 unspecified atom stereocenters. The van der Waals surface area contributed by atoms with E-state index in [9.17, 15) is 0 Å². The number of hydrogen-bond donors (Lipinski definition) is 0. The van der Waals surface area contributed by atoms with Crippen molar-refractivity contribution in [2.45, 2.75) is 6.61 Å². The van der Waals surface area contributed by atoms with Crippen molar-refractivity contribution in [2.24, 2.45) is 0 Å². The number of nitrogens with zero attached hydrogens (tertiary/aromatic N) is 1. The normalized spacial score (nSPS) is 10.3. The van der Waals surface area contributed by atoms with Crippen LogP contribution in [0.1, 0.15) is 5.56 Å². The molecule has 0 fully saturated rings. The molecule has 0 bridgehead atoms. The summed E-state index contributed by atoms with van der Waals surface area (Å²) in [6.07, 6.45) is 1.57. The highest BCUT2D eigenvalue weighted by atomic mass is 35.5. The van der Waals surface area contributed by atoms with Gasteiger partial charge in [-0.1, -0.05) is 40.9 Å². The van der Waals surface area contributed by atoms with Crippen molar-refractivity contribution >= 4 is 34.8 Å². The van der Waals surface area contributed by atoms with E-state index in [0.29, 0.717) is 27.6 Å². The zero-order valence-corrected chi connectivity index (χ0v) is 10.9. The van der Waals surface area contributed by atoms with Crippen LogP contribution in [0.2, 0.25) is 15.2 Å². The van der Waals surface area contributed by atoms with E-state index in [1.165, 1.54) is 0 Å². The third kappa shape index (κ3) is 3.50. The molecule has 0 saturated heterocycles. The summed E-state index contributed by atoms with van der Waals surface area (Å²) in [5.74, 6) is 0.653. The maximum absolute atomic E-state index is 5.90. The molecule has 2 nitrogen and oxygen atoms in total. The summed E-state index contributed by atoms with van der Waals surface area (Å²) in [4.78, 5) is 3.92. The van der Waals surface area contributed by atoms with Gasteiger partial charge in [0, 0.05) is 0 Å². The van der Waals surface area contributed by atoms with Crippen LogP contribution in [0.4, 0.5) is 0 Å². The first-order valence-corrected chi connectivity index (χ1v) is 5.97. The van der Waals surface area contributed by atoms with Gasteiger partial charge in [-0.05, 0) is 29.8 Å². The van der Waals surface area contributed by atoms with Crippen LogP contribution in [-0.4, -0.2) is 4.98 Å². The van der Waals surface area contributed by atoms with Crippen LogP contribution in [0.3, 0.4) is 0 Å². The molecular formula is C12H8Cl3NO. The van der Waals surface area contributed by atoms with Crippen molar-refractivity contribution in [1.29, 1.82) is 0 Å². The summed E-state index contributed by atoms with van der Waals surface area (Å²) >= 11 is 17.4. The SMILES string of the molecule is Clc1ccc(OCc2ccc(Cl)c(Cl)c2)cn1. The standard InChI is InChI=1S/C12H8Cl3NO/c13-10-3-1-8(5-11(10)14)7-17-9-2-4-12(15)16-6-9/h1-6H,7H2. The second kappa shape index (κ2) is 5.58. The first kappa shape index (κ1) is 12.5. The summed E-state index contributed by atoms with van der Waals surface area (Å²) in [6.45, 7) is 0.403. The van der Waals surface area contributed by atoms with Gasteiger partial charge in [-0.3, -0.25) is 0 Å². The number of pyridine rings is 1. The molecular weight excluding hydrogens is 280 g/mol. The highest BCUT2D eigenvalue weighted by Gasteiger charge is 2.01. The van der Waals surface area contributed by atoms with Crippen LogP contribution in [-0.2, 0) is 6.61 Å². The molecule has 0 saturated carbocycles. The highest BCUT2D eigenvalue weighted by molar-refractivity contribution is 6.42. The molecule has 0 aliphatic heterocycles. The number of halogens is 3. The average molecular weight is 289 g/mol. The highest BCUT2D eigenvalue weighted by Crippen LogP contribution is 2.23. The number of ether oxygens (including phenoxy) is 1. The summed E-state index contributed by atoms with van der Waals surface area (Å²) < 4.78 is 5.52. The fourth-order valence-electron chi connectivity index (χ4n) is 1.24. The minimum absolute atomic E-state index is 0.403. The third-order valence-corrected chi connectivity index (χ3v) is 3.05. The Morgan fingerprint density at radius 2 is 1.82 bits per heavy atom. The summed E-state index contributed by atoms with van der Waals surface area (Å²) in [7, 11) is 0. The molecule has 0 N–H and O–H groups in total. The lowest BCUT2D eigenvalue weighted by Crippen LogP contribution is -1.95. The van der Waals surface area contributed by atoms with Gasteiger partial charge in [-0.25, -0.2) is 4.98 Å². The minimum atomic E-state index is 0.403. The molecule has 1 aromatic carbocycles. The maximum Gasteiger partial charge on any atom is 0.138 e. The average Bonchev–Trinajstić information content (AvgIpc) is 2.33. The largest absolute Gasteiger partial charge is 0.487 e. The van der Waals surface area contributed by atoms with Gasteiger partial charge in [-0.2, -0.15) is 0 Å². The molecule has 0 aliphatic rings. The van der Waals surface area contributed by atoms with Crippen LogP contribution in [0.5, 0.6) is 5.75 Å². The van der Waals surface area contributed by atoms with E-state index in [0.717, 1.165) is 5.56 Å². The maximum atomic E-state index is 5.90. The van der Waals surface area contributed by atoms with Gasteiger partial charge in [0.05, 0.1) is 16.2 Å². The Balaban J connectivity index is 2.02. The fourth-order valence-corrected chi connectivity index (χ4v) is 1.68. The summed E-state index contributed by atoms with van der Waals surface area (Å²) in [5.41, 5.74) is 0.939. The molecule has 0 amide bonds. The van der Waals surface area contributed by atoms with Crippen LogP contribution < -0.4 is 4.74 Å². The molecule has 1 heterocycles. The third-order valence-electron chi connectivity index (χ3n) is 2.09. The number of benzene rings is 1. The van der Waals surface area contributed by atoms with Gasteiger partial charge in [0.2, 0.25) is 0 Å². The van der Waals surface area contributed by atoms with E-state index in [-0.39, 0.29) is 0 Å². The summed E-state index contributed by atoms with van der Waals surface area (Å²) in [5, 5.41) is 1.48. The van der Waals surface area contributed by atoms with Crippen molar-refractivity contribution in [1.82, 2.24) is 4.98 Å². The van der Waals surface area contributed by atoms with Gasteiger partial charge in [0.25, 0.3) is 0 Å². The van der Waals surface area contributed by atoms with E-state index in [1.54, 1.807) is 30.5 Å². The topological polar surface area (TPSA) is 22.1 Å². The predicted molar refractivity (Wildman–Crippen MR) is 70.0 cm³/mol. The van der Waals surface area contributed by atoms with Crippen LogP contribution in [0, 0.1) is 0 Å². The molecule has 0 radical (unpaired) electrons. The molecule has 88 valence electrons. The second-order valence-electron chi connectivity index (χ2n) is 3.35. The Kier molecular flexibility index (Phi) is 4.11. The molecule has 0 aliphatic carbocycles. The Morgan fingerprint density at radius 1 is 1.00 bits per heavy atom. The lowest BCUT2D eigenvalue weighted by atomic mass is 10.2. The van der Waals surface area contributed by atoms with Gasteiger partial charge in [0.15, 0.2) is 0 Å². The Bertz CT molecular complexity index is 514. The zero-order chi connectivity index (χ0) is 12.3. The van der Waals surface area contributed by atoms with Crippen molar-refractivity contribution < 1.29 is 4.74 Å². The number of hydrogen-bond acceptors (Lipinski definition) is 2. The number of rotatable bonds is 3. The lowest BCUT2D eigenvalue weighted by Gasteiger charge is -2.06. The molecule has 1 aromatic heterocycles. The second-order valence-corrected chi connectivity index (χ2v) is 4.56. The lowest BCUT2D eigenvalue weighted by molar-refractivity contribution is 0.305. The zero-order valence-electron chi connectivity index (χ0n) is 8.66. The van der Waals surface area contributed by atoms with Crippen LogP contribution >= 0.6 is 34.8 Å². The molecule has 0 atom stereocenters. The molecule has 2 aromatic rings. The smallest absolute Gasteiger partial charge is 0.138 e. The van der Waals surface area contributed by atoms with E-state index < -0.39 is 0 Å². The fraction of sp³-hybridized carbons (Fsp3) is 0.0833. The number of aromatic nitrogens is 1. The van der Waals surface area contributed by atoms with E-state index >= 15 is 0 Å². The van der Waals surface area contributed by atoms with E-state index in [4.69, 9.17) is 39.5 Å². The van der Waals surface area contributed by atoms with Crippen LogP contribution in [0.25, 0.3) is 0 Å². The first-order valence-electron chi connectivity index (χ1n) is 4.83. The molecule has 0 spiro atoms. The Hall–Kier alpha value is -0.960. The van der Waals surface area contributed by atoms with Crippen molar-refractivity contribution in [3.8, 4) is 5.75 Å².